The van der Waals surface area contributed by atoms with E-state index in [-0.39, 0.29) is 6.61 Å². The van der Waals surface area contributed by atoms with Crippen LogP contribution in [0.25, 0.3) is 0 Å². The van der Waals surface area contributed by atoms with Gasteiger partial charge < -0.3 is 9.47 Å². The lowest BCUT2D eigenvalue weighted by atomic mass is 10.2. The Hall–Kier alpha value is -1.58. The normalized spacial score (nSPS) is 23.4. The van der Waals surface area contributed by atoms with Gasteiger partial charge in [-0.05, 0) is 43.4 Å². The maximum atomic E-state index is 10.8. The maximum absolute atomic E-state index is 10.8. The minimum atomic E-state index is -0.943. The monoisotopic (exact) mass is 266 g/mol. The summed E-state index contributed by atoms with van der Waals surface area (Å²) in [7, 11) is 1.15. The highest BCUT2D eigenvalue weighted by atomic mass is 16.6. The van der Waals surface area contributed by atoms with Crippen LogP contribution in [-0.2, 0) is 19.1 Å². The van der Waals surface area contributed by atoms with E-state index in [1.807, 2.05) is 12.2 Å². The van der Waals surface area contributed by atoms with Gasteiger partial charge in [0, 0.05) is 0 Å². The molecule has 0 N–H and O–H groups in total. The molecule has 2 aliphatic carbocycles. The van der Waals surface area contributed by atoms with Gasteiger partial charge in [0.2, 0.25) is 0 Å². The molecule has 0 heterocycles. The van der Waals surface area contributed by atoms with E-state index < -0.39 is 11.9 Å². The SMILES string of the molecule is C=CC1CC1.C=CC1CC1CCOC(=O)C(=O)OC. The van der Waals surface area contributed by atoms with Crippen molar-refractivity contribution < 1.29 is 19.1 Å². The number of hydrogen-bond donors (Lipinski definition) is 0. The minimum absolute atomic E-state index is 0.281. The average Bonchev–Trinajstić information content (AvgIpc) is 3.31. The zero-order valence-electron chi connectivity index (χ0n) is 11.5. The Bertz CT molecular complexity index is 344. The van der Waals surface area contributed by atoms with E-state index in [9.17, 15) is 9.59 Å². The van der Waals surface area contributed by atoms with Gasteiger partial charge in [-0.2, -0.15) is 0 Å². The largest absolute Gasteiger partial charge is 0.461 e. The van der Waals surface area contributed by atoms with Crippen molar-refractivity contribution in [1.29, 1.82) is 0 Å². The third kappa shape index (κ3) is 6.22. The van der Waals surface area contributed by atoms with Crippen molar-refractivity contribution in [3.63, 3.8) is 0 Å². The minimum Gasteiger partial charge on any atom is -0.461 e. The molecule has 0 saturated heterocycles. The average molecular weight is 266 g/mol. The standard InChI is InChI=1S/C10H14O4.C5H8/c1-3-7-6-8(7)4-5-14-10(12)9(11)13-2;1-2-5-3-4-5/h3,7-8H,1,4-6H2,2H3;2,5H,1,3-4H2. The van der Waals surface area contributed by atoms with Crippen LogP contribution in [0.3, 0.4) is 0 Å². The van der Waals surface area contributed by atoms with Gasteiger partial charge in [0.25, 0.3) is 0 Å². The fourth-order valence-electron chi connectivity index (χ4n) is 1.67. The Morgan fingerprint density at radius 1 is 1.21 bits per heavy atom. The Balaban J connectivity index is 0.000000300. The molecule has 0 bridgehead atoms. The molecule has 0 aromatic carbocycles. The number of methoxy groups -OCH3 is 1. The van der Waals surface area contributed by atoms with Crippen molar-refractivity contribution in [3.8, 4) is 0 Å². The Kier molecular flexibility index (Phi) is 6.33. The molecule has 0 aromatic heterocycles. The number of carbonyl (C=O) groups is 2. The zero-order valence-corrected chi connectivity index (χ0v) is 11.5. The fourth-order valence-corrected chi connectivity index (χ4v) is 1.67. The Morgan fingerprint density at radius 3 is 2.26 bits per heavy atom. The van der Waals surface area contributed by atoms with E-state index in [4.69, 9.17) is 4.74 Å². The molecule has 0 radical (unpaired) electrons. The van der Waals surface area contributed by atoms with Gasteiger partial charge in [0.05, 0.1) is 13.7 Å². The smallest absolute Gasteiger partial charge is 0.417 e. The first kappa shape index (κ1) is 15.5. The van der Waals surface area contributed by atoms with Gasteiger partial charge in [-0.15, -0.1) is 13.2 Å². The molecule has 2 aliphatic rings. The number of carbonyl (C=O) groups excluding carboxylic acids is 2. The highest BCUT2D eigenvalue weighted by molar-refractivity contribution is 6.29. The van der Waals surface area contributed by atoms with E-state index in [2.05, 4.69) is 17.9 Å². The molecule has 4 heteroatoms. The number of ether oxygens (including phenoxy) is 2. The van der Waals surface area contributed by atoms with Crippen molar-refractivity contribution in [3.05, 3.63) is 25.3 Å². The highest BCUT2D eigenvalue weighted by Crippen LogP contribution is 2.41. The second-order valence-electron chi connectivity index (χ2n) is 4.88. The van der Waals surface area contributed by atoms with Crippen LogP contribution in [-0.4, -0.2) is 25.7 Å². The van der Waals surface area contributed by atoms with Crippen molar-refractivity contribution in [2.75, 3.05) is 13.7 Å². The first-order chi connectivity index (χ1) is 9.12. The maximum Gasteiger partial charge on any atom is 0.417 e. The van der Waals surface area contributed by atoms with Crippen LogP contribution in [0.2, 0.25) is 0 Å². The summed E-state index contributed by atoms with van der Waals surface area (Å²) in [6.07, 6.45) is 8.62. The summed E-state index contributed by atoms with van der Waals surface area (Å²) in [5, 5.41) is 0. The molecular weight excluding hydrogens is 244 g/mol. The second-order valence-corrected chi connectivity index (χ2v) is 4.88. The van der Waals surface area contributed by atoms with Crippen LogP contribution in [0.15, 0.2) is 25.3 Å². The molecule has 2 unspecified atom stereocenters. The van der Waals surface area contributed by atoms with Gasteiger partial charge in [-0.3, -0.25) is 0 Å². The third-order valence-corrected chi connectivity index (χ3v) is 3.31. The number of rotatable bonds is 5. The number of allylic oxidation sites excluding steroid dienone is 2. The van der Waals surface area contributed by atoms with Crippen molar-refractivity contribution >= 4 is 11.9 Å². The lowest BCUT2D eigenvalue weighted by Crippen LogP contribution is -2.19. The third-order valence-electron chi connectivity index (χ3n) is 3.31. The molecule has 2 saturated carbocycles. The lowest BCUT2D eigenvalue weighted by Gasteiger charge is -2.01. The Morgan fingerprint density at radius 2 is 1.89 bits per heavy atom. The van der Waals surface area contributed by atoms with E-state index >= 15 is 0 Å². The van der Waals surface area contributed by atoms with E-state index in [0.717, 1.165) is 25.9 Å². The fraction of sp³-hybridized carbons (Fsp3) is 0.600. The topological polar surface area (TPSA) is 52.6 Å². The first-order valence-electron chi connectivity index (χ1n) is 6.62. The molecule has 0 aliphatic heterocycles. The summed E-state index contributed by atoms with van der Waals surface area (Å²) in [5.74, 6) is 0.171. The van der Waals surface area contributed by atoms with Crippen LogP contribution in [0.5, 0.6) is 0 Å². The van der Waals surface area contributed by atoms with Gasteiger partial charge in [-0.1, -0.05) is 12.2 Å². The van der Waals surface area contributed by atoms with E-state index in [0.29, 0.717) is 11.8 Å². The molecule has 2 fully saturated rings. The van der Waals surface area contributed by atoms with Crippen molar-refractivity contribution in [1.82, 2.24) is 0 Å². The van der Waals surface area contributed by atoms with Gasteiger partial charge in [-0.25, -0.2) is 9.59 Å². The molecule has 0 amide bonds. The molecule has 0 aromatic rings. The molecule has 19 heavy (non-hydrogen) atoms. The Labute approximate surface area is 114 Å². The summed E-state index contributed by atoms with van der Waals surface area (Å²) >= 11 is 0. The van der Waals surface area contributed by atoms with Gasteiger partial charge in [0.1, 0.15) is 0 Å². The summed E-state index contributed by atoms with van der Waals surface area (Å²) in [6, 6.07) is 0. The highest BCUT2D eigenvalue weighted by Gasteiger charge is 2.33. The molecule has 4 nitrogen and oxygen atoms in total. The first-order valence-corrected chi connectivity index (χ1v) is 6.62. The number of hydrogen-bond acceptors (Lipinski definition) is 4. The van der Waals surface area contributed by atoms with Crippen molar-refractivity contribution in [2.24, 2.45) is 17.8 Å². The van der Waals surface area contributed by atoms with Crippen LogP contribution in [0.1, 0.15) is 25.7 Å². The predicted molar refractivity (Wildman–Crippen MR) is 72.3 cm³/mol. The number of esters is 2. The second kappa shape index (κ2) is 7.77. The summed E-state index contributed by atoms with van der Waals surface area (Å²) in [6.45, 7) is 7.58. The van der Waals surface area contributed by atoms with E-state index in [1.54, 1.807) is 0 Å². The lowest BCUT2D eigenvalue weighted by molar-refractivity contribution is -0.166. The summed E-state index contributed by atoms with van der Waals surface area (Å²) in [4.78, 5) is 21.4. The zero-order chi connectivity index (χ0) is 14.3. The summed E-state index contributed by atoms with van der Waals surface area (Å²) in [5.41, 5.74) is 0. The van der Waals surface area contributed by atoms with Gasteiger partial charge >= 0.3 is 11.9 Å². The predicted octanol–water partition coefficient (Wildman–Crippen LogP) is 2.50. The van der Waals surface area contributed by atoms with Crippen molar-refractivity contribution in [2.45, 2.75) is 25.7 Å². The molecule has 2 atom stereocenters. The van der Waals surface area contributed by atoms with Crippen LogP contribution >= 0.6 is 0 Å². The molecule has 2 rings (SSSR count). The van der Waals surface area contributed by atoms with Crippen LogP contribution in [0, 0.1) is 17.8 Å². The van der Waals surface area contributed by atoms with Crippen LogP contribution in [0.4, 0.5) is 0 Å². The molecule has 106 valence electrons. The quantitative estimate of drug-likeness (QED) is 0.436. The molecular formula is C15H22O4. The molecule has 0 spiro atoms. The van der Waals surface area contributed by atoms with E-state index in [1.165, 1.54) is 12.8 Å². The van der Waals surface area contributed by atoms with Gasteiger partial charge in [0.15, 0.2) is 0 Å². The summed E-state index contributed by atoms with van der Waals surface area (Å²) < 4.78 is 8.89. The van der Waals surface area contributed by atoms with Crippen LogP contribution < -0.4 is 0 Å².